The summed E-state index contributed by atoms with van der Waals surface area (Å²) >= 11 is 9.31. The van der Waals surface area contributed by atoms with Crippen LogP contribution in [0.1, 0.15) is 30.5 Å². The van der Waals surface area contributed by atoms with Crippen molar-refractivity contribution in [3.63, 3.8) is 0 Å². The van der Waals surface area contributed by atoms with Crippen molar-refractivity contribution in [2.24, 2.45) is 0 Å². The summed E-state index contributed by atoms with van der Waals surface area (Å²) in [6.07, 6.45) is 1.03. The van der Waals surface area contributed by atoms with Crippen LogP contribution in [0.15, 0.2) is 46.9 Å². The molecule has 0 aliphatic heterocycles. The van der Waals surface area contributed by atoms with E-state index < -0.39 is 0 Å². The van der Waals surface area contributed by atoms with Gasteiger partial charge in [-0.3, -0.25) is 0 Å². The highest BCUT2D eigenvalue weighted by atomic mass is 79.9. The van der Waals surface area contributed by atoms with Gasteiger partial charge in [-0.25, -0.2) is 4.39 Å². The summed E-state index contributed by atoms with van der Waals surface area (Å²) in [7, 11) is 0. The fraction of sp³-hybridized carbons (Fsp3) is 0.250. The highest BCUT2D eigenvalue weighted by Crippen LogP contribution is 2.27. The van der Waals surface area contributed by atoms with E-state index in [1.807, 2.05) is 30.3 Å². The summed E-state index contributed by atoms with van der Waals surface area (Å²) in [5.41, 5.74) is 2.08. The maximum atomic E-state index is 13.4. The Morgan fingerprint density at radius 1 is 1.20 bits per heavy atom. The van der Waals surface area contributed by atoms with E-state index in [0.717, 1.165) is 24.1 Å². The molecule has 2 rings (SSSR count). The maximum absolute atomic E-state index is 13.4. The third kappa shape index (κ3) is 3.81. The van der Waals surface area contributed by atoms with Crippen LogP contribution in [-0.4, -0.2) is 6.54 Å². The Kier molecular flexibility index (Phi) is 5.58. The van der Waals surface area contributed by atoms with Gasteiger partial charge in [0.25, 0.3) is 0 Å². The molecule has 1 N–H and O–H groups in total. The molecule has 106 valence electrons. The first-order valence-corrected chi connectivity index (χ1v) is 7.72. The topological polar surface area (TPSA) is 12.0 Å². The molecule has 0 spiro atoms. The number of nitrogens with one attached hydrogen (secondary N) is 1. The molecule has 0 aliphatic carbocycles. The van der Waals surface area contributed by atoms with Gasteiger partial charge in [-0.2, -0.15) is 0 Å². The highest BCUT2D eigenvalue weighted by molar-refractivity contribution is 9.10. The second-order valence-electron chi connectivity index (χ2n) is 4.62. The van der Waals surface area contributed by atoms with Crippen LogP contribution in [0.3, 0.4) is 0 Å². The smallest absolute Gasteiger partial charge is 0.137 e. The van der Waals surface area contributed by atoms with Gasteiger partial charge in [-0.15, -0.1) is 0 Å². The predicted octanol–water partition coefficient (Wildman–Crippen LogP) is 5.33. The second kappa shape index (κ2) is 7.21. The van der Waals surface area contributed by atoms with Crippen LogP contribution in [0.25, 0.3) is 0 Å². The van der Waals surface area contributed by atoms with Crippen LogP contribution in [0.5, 0.6) is 0 Å². The van der Waals surface area contributed by atoms with Crippen molar-refractivity contribution < 1.29 is 4.39 Å². The van der Waals surface area contributed by atoms with Gasteiger partial charge in [0.05, 0.1) is 10.5 Å². The molecule has 0 aliphatic rings. The van der Waals surface area contributed by atoms with E-state index in [1.165, 1.54) is 6.07 Å². The zero-order valence-electron chi connectivity index (χ0n) is 11.2. The Bertz CT molecular complexity index is 588. The number of halogens is 3. The number of hydrogen-bond donors (Lipinski definition) is 1. The quantitative estimate of drug-likeness (QED) is 0.763. The van der Waals surface area contributed by atoms with E-state index in [2.05, 4.69) is 28.2 Å². The highest BCUT2D eigenvalue weighted by Gasteiger charge is 2.15. The molecule has 0 aromatic heterocycles. The first-order chi connectivity index (χ1) is 9.61. The Morgan fingerprint density at radius 3 is 2.60 bits per heavy atom. The molecule has 20 heavy (non-hydrogen) atoms. The van der Waals surface area contributed by atoms with Crippen molar-refractivity contribution in [3.8, 4) is 0 Å². The van der Waals surface area contributed by atoms with Gasteiger partial charge in [-0.05, 0) is 64.3 Å². The second-order valence-corrected chi connectivity index (χ2v) is 5.91. The van der Waals surface area contributed by atoms with Gasteiger partial charge in [0.1, 0.15) is 5.82 Å². The maximum Gasteiger partial charge on any atom is 0.137 e. The Morgan fingerprint density at radius 2 is 1.95 bits per heavy atom. The van der Waals surface area contributed by atoms with E-state index in [1.54, 1.807) is 6.07 Å². The number of benzene rings is 2. The van der Waals surface area contributed by atoms with Crippen molar-refractivity contribution >= 4 is 27.5 Å². The largest absolute Gasteiger partial charge is 0.306 e. The first-order valence-electron chi connectivity index (χ1n) is 6.55. The molecular weight excluding hydrogens is 341 g/mol. The minimum Gasteiger partial charge on any atom is -0.306 e. The van der Waals surface area contributed by atoms with Crippen LogP contribution >= 0.6 is 27.5 Å². The third-order valence-electron chi connectivity index (χ3n) is 3.06. The number of hydrogen-bond acceptors (Lipinski definition) is 1. The van der Waals surface area contributed by atoms with Gasteiger partial charge in [-0.1, -0.05) is 36.7 Å². The van der Waals surface area contributed by atoms with Crippen molar-refractivity contribution in [1.29, 1.82) is 0 Å². The average Bonchev–Trinajstić information content (AvgIpc) is 2.43. The summed E-state index contributed by atoms with van der Waals surface area (Å²) in [5.74, 6) is -0.255. The Hall–Kier alpha value is -0.900. The van der Waals surface area contributed by atoms with Crippen molar-refractivity contribution in [2.75, 3.05) is 6.54 Å². The van der Waals surface area contributed by atoms with E-state index in [0.29, 0.717) is 9.50 Å². The fourth-order valence-corrected chi connectivity index (χ4v) is 2.69. The summed E-state index contributed by atoms with van der Waals surface area (Å²) < 4.78 is 13.9. The van der Waals surface area contributed by atoms with E-state index in [9.17, 15) is 4.39 Å². The minimum atomic E-state index is -0.255. The Labute approximate surface area is 132 Å². The standard InChI is InChI=1S/C16H16BrClFN/c1-2-8-20-16(11-4-3-5-13(18)9-11)12-6-7-15(19)14(17)10-12/h3-7,9-10,16,20H,2,8H2,1H3. The van der Waals surface area contributed by atoms with E-state index >= 15 is 0 Å². The molecule has 0 fully saturated rings. The summed E-state index contributed by atoms with van der Waals surface area (Å²) in [5, 5.41) is 4.17. The molecule has 2 aromatic carbocycles. The van der Waals surface area contributed by atoms with E-state index in [-0.39, 0.29) is 11.9 Å². The molecule has 4 heteroatoms. The summed E-state index contributed by atoms with van der Waals surface area (Å²) in [6.45, 7) is 2.99. The zero-order valence-corrected chi connectivity index (χ0v) is 13.5. The van der Waals surface area contributed by atoms with Crippen LogP contribution in [0.4, 0.5) is 4.39 Å². The molecule has 0 heterocycles. The van der Waals surface area contributed by atoms with Crippen molar-refractivity contribution in [3.05, 3.63) is 68.9 Å². The number of rotatable bonds is 5. The molecule has 1 nitrogen and oxygen atoms in total. The lowest BCUT2D eigenvalue weighted by Crippen LogP contribution is -2.23. The lowest BCUT2D eigenvalue weighted by atomic mass is 9.98. The van der Waals surface area contributed by atoms with Crippen LogP contribution in [0, 0.1) is 5.82 Å². The molecule has 0 saturated carbocycles. The molecule has 0 bridgehead atoms. The van der Waals surface area contributed by atoms with Crippen LogP contribution < -0.4 is 5.32 Å². The normalized spacial score (nSPS) is 12.4. The van der Waals surface area contributed by atoms with Gasteiger partial charge in [0.15, 0.2) is 0 Å². The SMILES string of the molecule is CCCNC(c1cccc(Cl)c1)c1ccc(F)c(Br)c1. The molecule has 0 saturated heterocycles. The monoisotopic (exact) mass is 355 g/mol. The van der Waals surface area contributed by atoms with Crippen LogP contribution in [-0.2, 0) is 0 Å². The van der Waals surface area contributed by atoms with Crippen molar-refractivity contribution in [1.82, 2.24) is 5.32 Å². The Balaban J connectivity index is 2.38. The lowest BCUT2D eigenvalue weighted by Gasteiger charge is -2.20. The summed E-state index contributed by atoms with van der Waals surface area (Å²) in [4.78, 5) is 0. The van der Waals surface area contributed by atoms with E-state index in [4.69, 9.17) is 11.6 Å². The van der Waals surface area contributed by atoms with Crippen molar-refractivity contribution in [2.45, 2.75) is 19.4 Å². The average molecular weight is 357 g/mol. The molecule has 0 radical (unpaired) electrons. The van der Waals surface area contributed by atoms with Crippen LogP contribution in [0.2, 0.25) is 5.02 Å². The molecular formula is C16H16BrClFN. The predicted molar refractivity (Wildman–Crippen MR) is 85.7 cm³/mol. The molecule has 0 amide bonds. The van der Waals surface area contributed by atoms with Gasteiger partial charge in [0, 0.05) is 5.02 Å². The first kappa shape index (κ1) is 15.5. The summed E-state index contributed by atoms with van der Waals surface area (Å²) in [6, 6.07) is 12.8. The minimum absolute atomic E-state index is 0.00514. The molecule has 2 aromatic rings. The van der Waals surface area contributed by atoms with Gasteiger partial charge < -0.3 is 5.32 Å². The van der Waals surface area contributed by atoms with Gasteiger partial charge in [0.2, 0.25) is 0 Å². The van der Waals surface area contributed by atoms with Gasteiger partial charge >= 0.3 is 0 Å². The zero-order chi connectivity index (χ0) is 14.5. The lowest BCUT2D eigenvalue weighted by molar-refractivity contribution is 0.591. The molecule has 1 unspecified atom stereocenters. The fourth-order valence-electron chi connectivity index (χ4n) is 2.09. The molecule has 1 atom stereocenters. The third-order valence-corrected chi connectivity index (χ3v) is 3.90.